The number of ether oxygens (including phenoxy) is 2. The van der Waals surface area contributed by atoms with Gasteiger partial charge in [0, 0.05) is 6.04 Å². The Kier molecular flexibility index (Phi) is 6.02. The quantitative estimate of drug-likeness (QED) is 0.478. The molecule has 18 heavy (non-hydrogen) atoms. The maximum atomic E-state index is 11.7. The first kappa shape index (κ1) is 17.1. The molecule has 0 aromatic heterocycles. The van der Waals surface area contributed by atoms with E-state index in [-0.39, 0.29) is 6.04 Å². The SMILES string of the molecule is CC(C)(C)C(=O)OC(C[Si]O)OC(=O)C(C)(C)C. The van der Waals surface area contributed by atoms with Crippen molar-refractivity contribution in [2.24, 2.45) is 10.8 Å². The fourth-order valence-corrected chi connectivity index (χ4v) is 1.09. The molecule has 0 bridgehead atoms. The Balaban J connectivity index is 4.59. The lowest BCUT2D eigenvalue weighted by Crippen LogP contribution is -2.35. The number of carbonyl (C=O) groups is 2. The summed E-state index contributed by atoms with van der Waals surface area (Å²) in [5.41, 5.74) is -1.35. The van der Waals surface area contributed by atoms with Gasteiger partial charge in [0.05, 0.1) is 10.8 Å². The Bertz CT molecular complexity index is 273. The van der Waals surface area contributed by atoms with E-state index in [4.69, 9.17) is 14.3 Å². The molecule has 0 spiro atoms. The predicted octanol–water partition coefficient (Wildman–Crippen LogP) is 1.52. The Morgan fingerprint density at radius 2 is 1.33 bits per heavy atom. The molecule has 0 fully saturated rings. The van der Waals surface area contributed by atoms with Crippen LogP contribution < -0.4 is 0 Å². The summed E-state index contributed by atoms with van der Waals surface area (Å²) in [5.74, 6) is -0.931. The van der Waals surface area contributed by atoms with E-state index in [1.54, 1.807) is 41.5 Å². The average molecular weight is 274 g/mol. The van der Waals surface area contributed by atoms with Crippen LogP contribution in [0.4, 0.5) is 0 Å². The fraction of sp³-hybridized carbons (Fsp3) is 0.833. The molecule has 5 nitrogen and oxygen atoms in total. The molecule has 0 aliphatic heterocycles. The lowest BCUT2D eigenvalue weighted by molar-refractivity contribution is -0.195. The van der Waals surface area contributed by atoms with Crippen molar-refractivity contribution in [1.29, 1.82) is 0 Å². The van der Waals surface area contributed by atoms with Crippen LogP contribution in [0.25, 0.3) is 0 Å². The molecule has 2 radical (unpaired) electrons. The van der Waals surface area contributed by atoms with Crippen molar-refractivity contribution in [3.8, 4) is 0 Å². The van der Waals surface area contributed by atoms with Gasteiger partial charge in [0.1, 0.15) is 0 Å². The minimum Gasteiger partial charge on any atom is -0.431 e. The first-order chi connectivity index (χ1) is 7.98. The van der Waals surface area contributed by atoms with Crippen molar-refractivity contribution in [3.63, 3.8) is 0 Å². The van der Waals surface area contributed by atoms with Gasteiger partial charge in [0.2, 0.25) is 16.1 Å². The molecule has 0 aliphatic carbocycles. The molecule has 0 atom stereocenters. The topological polar surface area (TPSA) is 72.8 Å². The summed E-state index contributed by atoms with van der Waals surface area (Å²) in [4.78, 5) is 32.3. The van der Waals surface area contributed by atoms with Crippen LogP contribution in [0, 0.1) is 10.8 Å². The number of esters is 2. The summed E-state index contributed by atoms with van der Waals surface area (Å²) in [6, 6.07) is 0.101. The van der Waals surface area contributed by atoms with Gasteiger partial charge in [0.25, 0.3) is 0 Å². The molecule has 0 saturated heterocycles. The summed E-state index contributed by atoms with van der Waals surface area (Å²) in [6.45, 7) is 10.2. The normalized spacial score (nSPS) is 12.4. The van der Waals surface area contributed by atoms with Crippen molar-refractivity contribution < 1.29 is 23.9 Å². The third kappa shape index (κ3) is 6.16. The van der Waals surface area contributed by atoms with Crippen LogP contribution in [-0.2, 0) is 19.1 Å². The van der Waals surface area contributed by atoms with Crippen molar-refractivity contribution >= 4 is 21.7 Å². The smallest absolute Gasteiger partial charge is 0.314 e. The van der Waals surface area contributed by atoms with Gasteiger partial charge in [-0.3, -0.25) is 9.59 Å². The molecular weight excluding hydrogens is 252 g/mol. The van der Waals surface area contributed by atoms with Gasteiger partial charge in [-0.2, -0.15) is 0 Å². The molecule has 0 aromatic carbocycles. The standard InChI is InChI=1S/C12H22O5Si/c1-11(2,3)9(13)16-8(7-18-15)17-10(14)12(4,5)6/h8,15H,7H2,1-6H3. The molecule has 0 rings (SSSR count). The second-order valence-corrected chi connectivity index (χ2v) is 6.83. The molecular formula is C12H22O5Si. The fourth-order valence-electron chi connectivity index (χ4n) is 0.774. The predicted molar refractivity (Wildman–Crippen MR) is 67.7 cm³/mol. The second-order valence-electron chi connectivity index (χ2n) is 6.10. The van der Waals surface area contributed by atoms with E-state index < -0.39 is 38.8 Å². The average Bonchev–Trinajstić information content (AvgIpc) is 2.14. The molecule has 0 unspecified atom stereocenters. The van der Waals surface area contributed by atoms with Crippen molar-refractivity contribution in [1.82, 2.24) is 0 Å². The summed E-state index contributed by atoms with van der Waals surface area (Å²) < 4.78 is 10.2. The van der Waals surface area contributed by atoms with E-state index in [0.29, 0.717) is 0 Å². The second kappa shape index (κ2) is 6.33. The molecule has 1 N–H and O–H groups in total. The van der Waals surface area contributed by atoms with Crippen LogP contribution in [0.5, 0.6) is 0 Å². The van der Waals surface area contributed by atoms with Gasteiger partial charge in [0.15, 0.2) is 0 Å². The van der Waals surface area contributed by atoms with E-state index in [0.717, 1.165) is 0 Å². The van der Waals surface area contributed by atoms with E-state index in [1.165, 1.54) is 0 Å². The third-order valence-electron chi connectivity index (χ3n) is 1.96. The Morgan fingerprint density at radius 3 is 1.56 bits per heavy atom. The van der Waals surface area contributed by atoms with E-state index >= 15 is 0 Å². The molecule has 0 saturated carbocycles. The summed E-state index contributed by atoms with van der Waals surface area (Å²) in [7, 11) is -0.450. The highest BCUT2D eigenvalue weighted by atomic mass is 28.2. The lowest BCUT2D eigenvalue weighted by atomic mass is 9.97. The Labute approximate surface area is 111 Å². The zero-order chi connectivity index (χ0) is 14.6. The van der Waals surface area contributed by atoms with Crippen LogP contribution in [-0.4, -0.2) is 32.8 Å². The third-order valence-corrected chi connectivity index (χ3v) is 2.48. The van der Waals surface area contributed by atoms with Crippen molar-refractivity contribution in [3.05, 3.63) is 0 Å². The highest BCUT2D eigenvalue weighted by Crippen LogP contribution is 2.21. The summed E-state index contributed by atoms with van der Waals surface area (Å²) in [6.07, 6.45) is -1.02. The van der Waals surface area contributed by atoms with Gasteiger partial charge in [-0.05, 0) is 41.5 Å². The zero-order valence-electron chi connectivity index (χ0n) is 11.9. The van der Waals surface area contributed by atoms with Gasteiger partial charge in [-0.15, -0.1) is 0 Å². The number of rotatable bonds is 4. The van der Waals surface area contributed by atoms with Crippen LogP contribution in [0.1, 0.15) is 41.5 Å². The Morgan fingerprint density at radius 1 is 1.00 bits per heavy atom. The maximum Gasteiger partial charge on any atom is 0.314 e. The van der Waals surface area contributed by atoms with Crippen LogP contribution in [0.15, 0.2) is 0 Å². The molecule has 104 valence electrons. The van der Waals surface area contributed by atoms with Crippen LogP contribution in [0.2, 0.25) is 6.04 Å². The number of hydrogen-bond donors (Lipinski definition) is 1. The Hall–Kier alpha value is -0.883. The van der Waals surface area contributed by atoms with E-state index in [2.05, 4.69) is 0 Å². The highest BCUT2D eigenvalue weighted by Gasteiger charge is 2.31. The summed E-state index contributed by atoms with van der Waals surface area (Å²) >= 11 is 0. The van der Waals surface area contributed by atoms with Crippen molar-refractivity contribution in [2.45, 2.75) is 53.9 Å². The zero-order valence-corrected chi connectivity index (χ0v) is 12.9. The van der Waals surface area contributed by atoms with E-state index in [9.17, 15) is 9.59 Å². The van der Waals surface area contributed by atoms with Gasteiger partial charge >= 0.3 is 11.9 Å². The van der Waals surface area contributed by atoms with Crippen LogP contribution >= 0.6 is 0 Å². The van der Waals surface area contributed by atoms with E-state index in [1.807, 2.05) is 0 Å². The molecule has 0 aromatic rings. The molecule has 6 heteroatoms. The first-order valence-corrected chi connectivity index (χ1v) is 6.93. The number of carbonyl (C=O) groups excluding carboxylic acids is 2. The van der Waals surface area contributed by atoms with Crippen molar-refractivity contribution in [2.75, 3.05) is 0 Å². The van der Waals surface area contributed by atoms with Gasteiger partial charge < -0.3 is 14.3 Å². The van der Waals surface area contributed by atoms with Gasteiger partial charge in [-0.1, -0.05) is 0 Å². The molecule has 0 amide bonds. The monoisotopic (exact) mass is 274 g/mol. The minimum absolute atomic E-state index is 0.101. The van der Waals surface area contributed by atoms with Crippen LogP contribution in [0.3, 0.4) is 0 Å². The lowest BCUT2D eigenvalue weighted by Gasteiger charge is -2.25. The largest absolute Gasteiger partial charge is 0.431 e. The minimum atomic E-state index is -1.02. The number of hydrogen-bond acceptors (Lipinski definition) is 5. The maximum absolute atomic E-state index is 11.7. The summed E-state index contributed by atoms with van der Waals surface area (Å²) in [5, 5.41) is 0. The van der Waals surface area contributed by atoms with Gasteiger partial charge in [-0.25, -0.2) is 0 Å². The molecule has 0 aliphatic rings. The first-order valence-electron chi connectivity index (χ1n) is 5.77. The highest BCUT2D eigenvalue weighted by molar-refractivity contribution is 6.25. The molecule has 0 heterocycles.